The van der Waals surface area contributed by atoms with Gasteiger partial charge in [-0.25, -0.2) is 0 Å². The van der Waals surface area contributed by atoms with Gasteiger partial charge in [0.15, 0.2) is 0 Å². The van der Waals surface area contributed by atoms with Gasteiger partial charge in [-0.2, -0.15) is 0 Å². The topological polar surface area (TPSA) is 49.8 Å². The van der Waals surface area contributed by atoms with Gasteiger partial charge in [-0.1, -0.05) is 22.5 Å². The number of anilines is 1. The van der Waals surface area contributed by atoms with Crippen LogP contribution < -0.4 is 9.64 Å². The number of aliphatic hydroxyl groups excluding tert-OH is 1. The van der Waals surface area contributed by atoms with Gasteiger partial charge < -0.3 is 14.7 Å². The van der Waals surface area contributed by atoms with Crippen molar-refractivity contribution in [1.82, 2.24) is 0 Å². The quantitative estimate of drug-likeness (QED) is 0.624. The first-order chi connectivity index (χ1) is 10.5. The number of benzene rings is 1. The summed E-state index contributed by atoms with van der Waals surface area (Å²) in [6.45, 7) is 3.74. The van der Waals surface area contributed by atoms with Crippen molar-refractivity contribution in [3.8, 4) is 18.1 Å². The number of amides is 1. The van der Waals surface area contributed by atoms with E-state index < -0.39 is 6.10 Å². The molecule has 1 N–H and O–H groups in total. The molecule has 1 heterocycles. The maximum absolute atomic E-state index is 12.4. The molecule has 0 bridgehead atoms. The Hall–Kier alpha value is -1.77. The number of aliphatic hydroxyl groups is 1. The maximum Gasteiger partial charge on any atom is 0.233 e. The number of halogens is 1. The van der Waals surface area contributed by atoms with Crippen LogP contribution >= 0.6 is 15.9 Å². The molecule has 1 fully saturated rings. The average molecular weight is 364 g/mol. The molecule has 0 aliphatic carbocycles. The number of rotatable bonds is 6. The summed E-state index contributed by atoms with van der Waals surface area (Å²) in [5, 5.41) is 10.4. The summed E-state index contributed by atoms with van der Waals surface area (Å²) in [5.41, 5.74) is 0.725. The summed E-state index contributed by atoms with van der Waals surface area (Å²) >= 11 is 3.25. The van der Waals surface area contributed by atoms with Gasteiger partial charge in [0, 0.05) is 18.5 Å². The summed E-state index contributed by atoms with van der Waals surface area (Å²) in [6, 6.07) is 6.82. The van der Waals surface area contributed by atoms with Crippen molar-refractivity contribution in [2.45, 2.75) is 25.0 Å². The highest BCUT2D eigenvalue weighted by molar-refractivity contribution is 9.11. The van der Waals surface area contributed by atoms with Gasteiger partial charge >= 0.3 is 0 Å². The van der Waals surface area contributed by atoms with Crippen LogP contribution in [0.15, 0.2) is 35.3 Å². The number of ether oxygens (including phenoxy) is 1. The SMILES string of the molecule is C#CC[C@H]1C(=O)N(c2ccc(OC)cc2)[C@H]1[C@@H](O)CC(=C)Br. The molecule has 22 heavy (non-hydrogen) atoms. The Morgan fingerprint density at radius 2 is 2.18 bits per heavy atom. The van der Waals surface area contributed by atoms with E-state index in [4.69, 9.17) is 11.2 Å². The summed E-state index contributed by atoms with van der Waals surface area (Å²) in [7, 11) is 1.58. The van der Waals surface area contributed by atoms with E-state index in [1.165, 1.54) is 0 Å². The summed E-state index contributed by atoms with van der Waals surface area (Å²) in [5.74, 6) is 2.81. The predicted molar refractivity (Wildman–Crippen MR) is 89.9 cm³/mol. The molecule has 0 unspecified atom stereocenters. The highest BCUT2D eigenvalue weighted by Crippen LogP contribution is 2.38. The van der Waals surface area contributed by atoms with Gasteiger partial charge in [0.05, 0.1) is 25.2 Å². The Kier molecular flexibility index (Phi) is 5.28. The highest BCUT2D eigenvalue weighted by Gasteiger charge is 2.50. The van der Waals surface area contributed by atoms with Crippen LogP contribution in [0, 0.1) is 18.3 Å². The minimum atomic E-state index is -0.718. The fraction of sp³-hybridized carbons (Fsp3) is 0.353. The zero-order valence-corrected chi connectivity index (χ0v) is 13.9. The summed E-state index contributed by atoms with van der Waals surface area (Å²) in [6.07, 6.45) is 5.31. The molecule has 4 nitrogen and oxygen atoms in total. The van der Waals surface area contributed by atoms with Gasteiger partial charge in [-0.15, -0.1) is 12.3 Å². The van der Waals surface area contributed by atoms with Crippen LogP contribution in [-0.2, 0) is 4.79 Å². The third-order valence-corrected chi connectivity index (χ3v) is 4.10. The van der Waals surface area contributed by atoms with Gasteiger partial charge in [-0.05, 0) is 28.7 Å². The van der Waals surface area contributed by atoms with Gasteiger partial charge in [-0.3, -0.25) is 4.79 Å². The van der Waals surface area contributed by atoms with Crippen LogP contribution in [0.2, 0.25) is 0 Å². The lowest BCUT2D eigenvalue weighted by molar-refractivity contribution is -0.133. The van der Waals surface area contributed by atoms with Crippen LogP contribution in [0.25, 0.3) is 0 Å². The molecule has 3 atom stereocenters. The molecule has 0 aromatic heterocycles. The molecule has 0 spiro atoms. The van der Waals surface area contributed by atoms with E-state index in [9.17, 15) is 9.90 Å². The Morgan fingerprint density at radius 3 is 2.68 bits per heavy atom. The van der Waals surface area contributed by atoms with Gasteiger partial charge in [0.2, 0.25) is 5.91 Å². The molecule has 1 aromatic carbocycles. The Morgan fingerprint density at radius 1 is 1.55 bits per heavy atom. The van der Waals surface area contributed by atoms with E-state index in [0.29, 0.717) is 23.1 Å². The van der Waals surface area contributed by atoms with Crippen molar-refractivity contribution in [2.75, 3.05) is 12.0 Å². The average Bonchev–Trinajstić information content (AvgIpc) is 2.49. The van der Waals surface area contributed by atoms with Crippen LogP contribution in [0.1, 0.15) is 12.8 Å². The van der Waals surface area contributed by atoms with Crippen molar-refractivity contribution in [3.63, 3.8) is 0 Å². The largest absolute Gasteiger partial charge is 0.497 e. The number of β-lactam (4-membered cyclic amide) rings is 1. The van der Waals surface area contributed by atoms with Crippen molar-refractivity contribution in [2.24, 2.45) is 5.92 Å². The Labute approximate surface area is 138 Å². The molecule has 0 radical (unpaired) electrons. The lowest BCUT2D eigenvalue weighted by atomic mass is 9.80. The molecule has 116 valence electrons. The van der Waals surface area contributed by atoms with Crippen LogP contribution in [0.4, 0.5) is 5.69 Å². The molecule has 5 heteroatoms. The van der Waals surface area contributed by atoms with Crippen LogP contribution in [-0.4, -0.2) is 30.3 Å². The van der Waals surface area contributed by atoms with E-state index in [1.54, 1.807) is 36.3 Å². The van der Waals surface area contributed by atoms with E-state index in [2.05, 4.69) is 28.4 Å². The van der Waals surface area contributed by atoms with Crippen molar-refractivity contribution < 1.29 is 14.6 Å². The van der Waals surface area contributed by atoms with Crippen molar-refractivity contribution in [1.29, 1.82) is 0 Å². The number of carbonyl (C=O) groups is 1. The number of carbonyl (C=O) groups excluding carboxylic acids is 1. The third-order valence-electron chi connectivity index (χ3n) is 3.78. The van der Waals surface area contributed by atoms with Crippen molar-refractivity contribution in [3.05, 3.63) is 35.3 Å². The lowest BCUT2D eigenvalue weighted by Gasteiger charge is -2.48. The number of hydrogen-bond donors (Lipinski definition) is 1. The first-order valence-electron chi connectivity index (χ1n) is 6.91. The zero-order valence-electron chi connectivity index (χ0n) is 12.3. The molecule has 1 aliphatic rings. The van der Waals surface area contributed by atoms with Crippen molar-refractivity contribution >= 4 is 27.5 Å². The fourth-order valence-corrected chi connectivity index (χ4v) is 3.07. The van der Waals surface area contributed by atoms with Crippen LogP contribution in [0.3, 0.4) is 0 Å². The second kappa shape index (κ2) is 6.99. The Bertz CT molecular complexity index is 605. The molecule has 0 saturated carbocycles. The number of terminal acetylenes is 1. The Balaban J connectivity index is 2.25. The minimum Gasteiger partial charge on any atom is -0.497 e. The van der Waals surface area contributed by atoms with Gasteiger partial charge in [0.1, 0.15) is 5.75 Å². The molecule has 1 saturated heterocycles. The second-order valence-electron chi connectivity index (χ2n) is 5.20. The summed E-state index contributed by atoms with van der Waals surface area (Å²) in [4.78, 5) is 14.0. The fourth-order valence-electron chi connectivity index (χ4n) is 2.73. The molecule has 1 amide bonds. The first-order valence-corrected chi connectivity index (χ1v) is 7.70. The zero-order chi connectivity index (χ0) is 16.3. The summed E-state index contributed by atoms with van der Waals surface area (Å²) < 4.78 is 5.81. The van der Waals surface area contributed by atoms with E-state index in [-0.39, 0.29) is 17.9 Å². The minimum absolute atomic E-state index is 0.0626. The standard InChI is InChI=1S/C17H18BrNO3/c1-4-5-14-16(15(20)10-11(2)18)19(17(14)21)12-6-8-13(22-3)9-7-12/h1,6-9,14-16,20H,2,5,10H2,3H3/t14-,15+,16-/m1/s1. The lowest BCUT2D eigenvalue weighted by Crippen LogP contribution is -2.65. The molecule has 1 aromatic rings. The molecular formula is C17H18BrNO3. The smallest absolute Gasteiger partial charge is 0.233 e. The monoisotopic (exact) mass is 363 g/mol. The first kappa shape index (κ1) is 16.6. The normalized spacial score (nSPS) is 21.7. The molecule has 1 aliphatic heterocycles. The number of nitrogens with zero attached hydrogens (tertiary/aromatic N) is 1. The highest BCUT2D eigenvalue weighted by atomic mass is 79.9. The van der Waals surface area contributed by atoms with E-state index >= 15 is 0 Å². The number of methoxy groups -OCH3 is 1. The van der Waals surface area contributed by atoms with Crippen LogP contribution in [0.5, 0.6) is 5.75 Å². The number of hydrogen-bond acceptors (Lipinski definition) is 3. The second-order valence-corrected chi connectivity index (χ2v) is 6.32. The predicted octanol–water partition coefficient (Wildman–Crippen LogP) is 2.71. The van der Waals surface area contributed by atoms with Gasteiger partial charge in [0.25, 0.3) is 0 Å². The third kappa shape index (κ3) is 3.18. The van der Waals surface area contributed by atoms with E-state index in [1.807, 2.05) is 0 Å². The maximum atomic E-state index is 12.4. The van der Waals surface area contributed by atoms with E-state index in [0.717, 1.165) is 5.69 Å². The molecule has 2 rings (SSSR count). The molecular weight excluding hydrogens is 346 g/mol.